The molecule has 1 aromatic heterocycles. The summed E-state index contributed by atoms with van der Waals surface area (Å²) in [6.07, 6.45) is 3.72. The molecule has 0 bridgehead atoms. The molecular formula is C25H20N2O3. The summed E-state index contributed by atoms with van der Waals surface area (Å²) in [5, 5.41) is 5.77. The van der Waals surface area contributed by atoms with Crippen molar-refractivity contribution in [3.63, 3.8) is 0 Å². The SMILES string of the molecule is CC(OC(=O)/C=C/c1cccc2cccnc12)C(=O)Nc1cccc2ccccc12. The van der Waals surface area contributed by atoms with Gasteiger partial charge in [-0.25, -0.2) is 4.79 Å². The van der Waals surface area contributed by atoms with Crippen LogP contribution >= 0.6 is 0 Å². The smallest absolute Gasteiger partial charge is 0.331 e. The molecule has 148 valence electrons. The standard InChI is InChI=1S/C25H20N2O3/c1-17(25(29)27-22-13-5-8-18-7-2-3-12-21(18)22)30-23(28)15-14-20-10-4-9-19-11-6-16-26-24(19)20/h2-17H,1H3,(H,27,29)/b15-14+. The molecule has 5 heteroatoms. The number of nitrogens with zero attached hydrogens (tertiary/aromatic N) is 1. The lowest BCUT2D eigenvalue weighted by Crippen LogP contribution is -2.29. The van der Waals surface area contributed by atoms with E-state index in [2.05, 4.69) is 10.3 Å². The first-order valence-electron chi connectivity index (χ1n) is 9.63. The predicted octanol–water partition coefficient (Wildman–Crippen LogP) is 4.97. The van der Waals surface area contributed by atoms with Gasteiger partial charge in [0.05, 0.1) is 5.52 Å². The van der Waals surface area contributed by atoms with Gasteiger partial charge in [-0.15, -0.1) is 0 Å². The number of carbonyl (C=O) groups excluding carboxylic acids is 2. The van der Waals surface area contributed by atoms with Gasteiger partial charge in [0.2, 0.25) is 0 Å². The van der Waals surface area contributed by atoms with Gasteiger partial charge < -0.3 is 10.1 Å². The molecule has 30 heavy (non-hydrogen) atoms. The van der Waals surface area contributed by atoms with Crippen LogP contribution in [-0.2, 0) is 14.3 Å². The predicted molar refractivity (Wildman–Crippen MR) is 119 cm³/mol. The summed E-state index contributed by atoms with van der Waals surface area (Å²) in [5.74, 6) is -0.983. The van der Waals surface area contributed by atoms with Crippen LogP contribution in [0, 0.1) is 0 Å². The lowest BCUT2D eigenvalue weighted by molar-refractivity contribution is -0.148. The Balaban J connectivity index is 1.42. The monoisotopic (exact) mass is 396 g/mol. The second-order valence-corrected chi connectivity index (χ2v) is 6.85. The van der Waals surface area contributed by atoms with Crippen LogP contribution in [0.2, 0.25) is 0 Å². The van der Waals surface area contributed by atoms with Gasteiger partial charge >= 0.3 is 5.97 Å². The number of pyridine rings is 1. The van der Waals surface area contributed by atoms with Crippen molar-refractivity contribution in [2.45, 2.75) is 13.0 Å². The number of esters is 1. The van der Waals surface area contributed by atoms with E-state index in [-0.39, 0.29) is 5.91 Å². The molecule has 0 fully saturated rings. The quantitative estimate of drug-likeness (QED) is 0.382. The van der Waals surface area contributed by atoms with Gasteiger partial charge in [0, 0.05) is 34.3 Å². The van der Waals surface area contributed by atoms with Crippen LogP contribution in [0.4, 0.5) is 5.69 Å². The topological polar surface area (TPSA) is 68.3 Å². The summed E-state index contributed by atoms with van der Waals surface area (Å²) in [6.45, 7) is 1.55. The van der Waals surface area contributed by atoms with Crippen LogP contribution < -0.4 is 5.32 Å². The maximum Gasteiger partial charge on any atom is 0.331 e. The van der Waals surface area contributed by atoms with E-state index in [4.69, 9.17) is 4.74 Å². The number of nitrogens with one attached hydrogen (secondary N) is 1. The average Bonchev–Trinajstić information content (AvgIpc) is 2.78. The van der Waals surface area contributed by atoms with E-state index in [9.17, 15) is 9.59 Å². The molecule has 1 N–H and O–H groups in total. The molecule has 1 heterocycles. The Labute approximate surface area is 174 Å². The first kappa shape index (κ1) is 19.3. The van der Waals surface area contributed by atoms with Crippen molar-refractivity contribution in [1.82, 2.24) is 4.98 Å². The molecule has 0 saturated heterocycles. The fourth-order valence-electron chi connectivity index (χ4n) is 3.26. The maximum atomic E-state index is 12.5. The van der Waals surface area contributed by atoms with E-state index in [0.717, 1.165) is 27.2 Å². The Morgan fingerprint density at radius 2 is 1.67 bits per heavy atom. The zero-order valence-corrected chi connectivity index (χ0v) is 16.4. The zero-order chi connectivity index (χ0) is 20.9. The molecule has 0 saturated carbocycles. The van der Waals surface area contributed by atoms with Crippen LogP contribution in [0.25, 0.3) is 27.8 Å². The van der Waals surface area contributed by atoms with Gasteiger partial charge in [0.15, 0.2) is 6.10 Å². The van der Waals surface area contributed by atoms with Crippen molar-refractivity contribution in [3.8, 4) is 0 Å². The summed E-state index contributed by atoms with van der Waals surface area (Å²) in [5.41, 5.74) is 2.28. The summed E-state index contributed by atoms with van der Waals surface area (Å²) >= 11 is 0. The molecule has 4 rings (SSSR count). The third-order valence-corrected chi connectivity index (χ3v) is 4.77. The van der Waals surface area contributed by atoms with Gasteiger partial charge in [0.1, 0.15) is 0 Å². The van der Waals surface area contributed by atoms with Gasteiger partial charge in [-0.1, -0.05) is 60.7 Å². The number of para-hydroxylation sites is 1. The highest BCUT2D eigenvalue weighted by Gasteiger charge is 2.17. The summed E-state index contributed by atoms with van der Waals surface area (Å²) in [7, 11) is 0. The van der Waals surface area contributed by atoms with Crippen molar-refractivity contribution in [3.05, 3.63) is 90.6 Å². The Kier molecular flexibility index (Phi) is 5.52. The summed E-state index contributed by atoms with van der Waals surface area (Å²) in [6, 6.07) is 23.0. The lowest BCUT2D eigenvalue weighted by Gasteiger charge is -2.14. The number of ether oxygens (including phenoxy) is 1. The Bertz CT molecular complexity index is 1250. The molecule has 0 spiro atoms. The number of aromatic nitrogens is 1. The maximum absolute atomic E-state index is 12.5. The van der Waals surface area contributed by atoms with Crippen molar-refractivity contribution >= 4 is 45.3 Å². The Hall–Kier alpha value is -3.99. The number of hydrogen-bond donors (Lipinski definition) is 1. The minimum atomic E-state index is -0.938. The second kappa shape index (κ2) is 8.57. The normalized spacial score (nSPS) is 12.2. The molecule has 1 amide bonds. The fraction of sp³-hybridized carbons (Fsp3) is 0.0800. The zero-order valence-electron chi connectivity index (χ0n) is 16.4. The van der Waals surface area contributed by atoms with Crippen LogP contribution in [0.5, 0.6) is 0 Å². The van der Waals surface area contributed by atoms with Crippen molar-refractivity contribution in [2.75, 3.05) is 5.32 Å². The van der Waals surface area contributed by atoms with Crippen LogP contribution in [-0.4, -0.2) is 23.0 Å². The van der Waals surface area contributed by atoms with E-state index in [1.54, 1.807) is 19.2 Å². The molecule has 4 aromatic rings. The Morgan fingerprint density at radius 1 is 0.933 bits per heavy atom. The molecule has 0 aliphatic rings. The highest BCUT2D eigenvalue weighted by atomic mass is 16.5. The van der Waals surface area contributed by atoms with Crippen molar-refractivity contribution in [2.24, 2.45) is 0 Å². The molecule has 1 atom stereocenters. The van der Waals surface area contributed by atoms with Crippen LogP contribution in [0.1, 0.15) is 12.5 Å². The minimum Gasteiger partial charge on any atom is -0.449 e. The molecule has 0 radical (unpaired) electrons. The molecule has 5 nitrogen and oxygen atoms in total. The fourth-order valence-corrected chi connectivity index (χ4v) is 3.26. The largest absolute Gasteiger partial charge is 0.449 e. The van der Waals surface area contributed by atoms with Crippen LogP contribution in [0.3, 0.4) is 0 Å². The van der Waals surface area contributed by atoms with E-state index in [1.807, 2.05) is 72.8 Å². The molecule has 0 aliphatic heterocycles. The second-order valence-electron chi connectivity index (χ2n) is 6.85. The minimum absolute atomic E-state index is 0.389. The molecule has 3 aromatic carbocycles. The third-order valence-electron chi connectivity index (χ3n) is 4.77. The number of fused-ring (bicyclic) bond motifs is 2. The lowest BCUT2D eigenvalue weighted by atomic mass is 10.1. The number of carbonyl (C=O) groups is 2. The van der Waals surface area contributed by atoms with Gasteiger partial charge in [-0.05, 0) is 30.5 Å². The van der Waals surface area contributed by atoms with Crippen molar-refractivity contribution < 1.29 is 14.3 Å². The number of benzene rings is 3. The highest BCUT2D eigenvalue weighted by molar-refractivity contribution is 6.04. The van der Waals surface area contributed by atoms with E-state index in [0.29, 0.717) is 5.69 Å². The molecular weight excluding hydrogens is 376 g/mol. The van der Waals surface area contributed by atoms with Gasteiger partial charge in [-0.3, -0.25) is 9.78 Å². The number of hydrogen-bond acceptors (Lipinski definition) is 4. The van der Waals surface area contributed by atoms with Crippen molar-refractivity contribution in [1.29, 1.82) is 0 Å². The summed E-state index contributed by atoms with van der Waals surface area (Å²) < 4.78 is 5.27. The molecule has 0 aliphatic carbocycles. The average molecular weight is 396 g/mol. The van der Waals surface area contributed by atoms with E-state index >= 15 is 0 Å². The van der Waals surface area contributed by atoms with E-state index < -0.39 is 12.1 Å². The first-order chi connectivity index (χ1) is 14.6. The highest BCUT2D eigenvalue weighted by Crippen LogP contribution is 2.23. The Morgan fingerprint density at radius 3 is 2.57 bits per heavy atom. The number of amides is 1. The van der Waals surface area contributed by atoms with Crippen LogP contribution in [0.15, 0.2) is 85.1 Å². The first-order valence-corrected chi connectivity index (χ1v) is 9.63. The van der Waals surface area contributed by atoms with Gasteiger partial charge in [-0.2, -0.15) is 0 Å². The third kappa shape index (κ3) is 4.20. The van der Waals surface area contributed by atoms with E-state index in [1.165, 1.54) is 6.08 Å². The van der Waals surface area contributed by atoms with Gasteiger partial charge in [0.25, 0.3) is 5.91 Å². The number of anilines is 1. The molecule has 1 unspecified atom stereocenters. The summed E-state index contributed by atoms with van der Waals surface area (Å²) in [4.78, 5) is 29.1. The number of rotatable bonds is 5.